The Morgan fingerprint density at radius 1 is 1.33 bits per heavy atom. The Morgan fingerprint density at radius 3 is 2.93 bits per heavy atom. The molecule has 1 N–H and O–H groups in total. The lowest BCUT2D eigenvalue weighted by atomic mass is 10.2. The first kappa shape index (κ1) is 10.2. The number of fused-ring (bicyclic) bond motifs is 1. The lowest BCUT2D eigenvalue weighted by molar-refractivity contribution is 0.174. The van der Waals surface area contributed by atoms with E-state index in [4.69, 9.17) is 4.74 Å². The van der Waals surface area contributed by atoms with Crippen LogP contribution in [0.1, 0.15) is 5.56 Å². The van der Waals surface area contributed by atoms with E-state index in [2.05, 4.69) is 47.4 Å². The lowest BCUT2D eigenvalue weighted by Crippen LogP contribution is -2.15. The third-order valence-electron chi connectivity index (χ3n) is 2.54. The highest BCUT2D eigenvalue weighted by Crippen LogP contribution is 2.19. The van der Waals surface area contributed by atoms with Crippen LogP contribution in [0.2, 0.25) is 0 Å². The van der Waals surface area contributed by atoms with E-state index in [1.165, 1.54) is 16.5 Å². The van der Waals surface area contributed by atoms with Crippen LogP contribution in [0, 0.1) is 0 Å². The number of rotatable bonds is 4. The average molecular weight is 204 g/mol. The molecule has 0 aliphatic rings. The van der Waals surface area contributed by atoms with Crippen LogP contribution in [0.15, 0.2) is 30.5 Å². The highest BCUT2D eigenvalue weighted by molar-refractivity contribution is 5.83. The van der Waals surface area contributed by atoms with E-state index in [9.17, 15) is 0 Å². The predicted octanol–water partition coefficient (Wildman–Crippen LogP) is 1.87. The summed E-state index contributed by atoms with van der Waals surface area (Å²) in [5.74, 6) is 0. The van der Waals surface area contributed by atoms with Gasteiger partial charge in [-0.3, -0.25) is 5.32 Å². The van der Waals surface area contributed by atoms with Crippen molar-refractivity contribution >= 4 is 10.9 Å². The van der Waals surface area contributed by atoms with Gasteiger partial charge in [-0.1, -0.05) is 18.2 Å². The molecule has 3 heteroatoms. The van der Waals surface area contributed by atoms with Crippen molar-refractivity contribution in [1.82, 2.24) is 9.88 Å². The molecule has 1 heterocycles. The highest BCUT2D eigenvalue weighted by atomic mass is 16.5. The Labute approximate surface area is 89.7 Å². The van der Waals surface area contributed by atoms with Crippen LogP contribution in [0.25, 0.3) is 10.9 Å². The molecular formula is C12H16N2O. The standard InChI is InChI=1S/C12H16N2O/c1-14-8-10(7-13-9-15-2)11-5-3-4-6-12(11)14/h3-6,8,13H,7,9H2,1-2H3. The van der Waals surface area contributed by atoms with Crippen LogP contribution in [-0.2, 0) is 18.3 Å². The Kier molecular flexibility index (Phi) is 3.04. The third kappa shape index (κ3) is 2.03. The maximum absolute atomic E-state index is 4.96. The molecule has 80 valence electrons. The summed E-state index contributed by atoms with van der Waals surface area (Å²) in [6, 6.07) is 8.42. The Balaban J connectivity index is 2.27. The van der Waals surface area contributed by atoms with Gasteiger partial charge in [-0.05, 0) is 11.6 Å². The third-order valence-corrected chi connectivity index (χ3v) is 2.54. The lowest BCUT2D eigenvalue weighted by Gasteiger charge is -2.01. The Hall–Kier alpha value is -1.32. The molecule has 3 nitrogen and oxygen atoms in total. The van der Waals surface area contributed by atoms with E-state index < -0.39 is 0 Å². The minimum absolute atomic E-state index is 0.587. The van der Waals surface area contributed by atoms with Crippen LogP contribution in [0.3, 0.4) is 0 Å². The summed E-state index contributed by atoms with van der Waals surface area (Å²) in [4.78, 5) is 0. The van der Waals surface area contributed by atoms with Crippen molar-refractivity contribution < 1.29 is 4.74 Å². The fourth-order valence-corrected chi connectivity index (χ4v) is 1.85. The number of hydrogen-bond donors (Lipinski definition) is 1. The van der Waals surface area contributed by atoms with Gasteiger partial charge >= 0.3 is 0 Å². The summed E-state index contributed by atoms with van der Waals surface area (Å²) in [5, 5.41) is 4.53. The first-order valence-electron chi connectivity index (χ1n) is 5.05. The summed E-state index contributed by atoms with van der Waals surface area (Å²) in [6.45, 7) is 1.43. The van der Waals surface area contributed by atoms with Crippen molar-refractivity contribution in [2.24, 2.45) is 7.05 Å². The second-order valence-corrected chi connectivity index (χ2v) is 3.64. The van der Waals surface area contributed by atoms with Crippen LogP contribution < -0.4 is 5.32 Å². The van der Waals surface area contributed by atoms with E-state index in [0.29, 0.717) is 6.73 Å². The molecule has 2 rings (SSSR count). The molecule has 0 saturated heterocycles. The van der Waals surface area contributed by atoms with Crippen LogP contribution >= 0.6 is 0 Å². The van der Waals surface area contributed by atoms with Crippen molar-refractivity contribution in [3.05, 3.63) is 36.0 Å². The van der Waals surface area contributed by atoms with Gasteiger partial charge in [0.05, 0.1) is 6.73 Å². The molecule has 2 aromatic rings. The van der Waals surface area contributed by atoms with E-state index in [1.807, 2.05) is 0 Å². The van der Waals surface area contributed by atoms with E-state index in [0.717, 1.165) is 6.54 Å². The number of nitrogens with zero attached hydrogens (tertiary/aromatic N) is 1. The molecular weight excluding hydrogens is 188 g/mol. The fraction of sp³-hybridized carbons (Fsp3) is 0.333. The normalized spacial score (nSPS) is 11.1. The minimum Gasteiger partial charge on any atom is -0.370 e. The molecule has 15 heavy (non-hydrogen) atoms. The molecule has 0 radical (unpaired) electrons. The van der Waals surface area contributed by atoms with Crippen LogP contribution in [0.4, 0.5) is 0 Å². The zero-order chi connectivity index (χ0) is 10.7. The van der Waals surface area contributed by atoms with Crippen molar-refractivity contribution in [1.29, 1.82) is 0 Å². The molecule has 1 aromatic carbocycles. The summed E-state index contributed by atoms with van der Waals surface area (Å²) in [5.41, 5.74) is 2.58. The zero-order valence-electron chi connectivity index (χ0n) is 9.16. The van der Waals surface area contributed by atoms with Gasteiger partial charge < -0.3 is 9.30 Å². The van der Waals surface area contributed by atoms with Crippen molar-refractivity contribution in [3.63, 3.8) is 0 Å². The van der Waals surface area contributed by atoms with Crippen LogP contribution in [0.5, 0.6) is 0 Å². The van der Waals surface area contributed by atoms with Gasteiger partial charge in [0.15, 0.2) is 0 Å². The van der Waals surface area contributed by atoms with Crippen LogP contribution in [-0.4, -0.2) is 18.4 Å². The molecule has 1 aromatic heterocycles. The van der Waals surface area contributed by atoms with Gasteiger partial charge in [-0.2, -0.15) is 0 Å². The van der Waals surface area contributed by atoms with E-state index >= 15 is 0 Å². The maximum Gasteiger partial charge on any atom is 0.0964 e. The molecule has 0 bridgehead atoms. The molecule has 0 aliphatic heterocycles. The number of ether oxygens (including phenoxy) is 1. The highest BCUT2D eigenvalue weighted by Gasteiger charge is 2.04. The molecule has 0 amide bonds. The summed E-state index contributed by atoms with van der Waals surface area (Å²) in [7, 11) is 3.76. The Bertz CT molecular complexity index is 448. The molecule has 0 spiro atoms. The summed E-state index contributed by atoms with van der Waals surface area (Å²) in [6.07, 6.45) is 2.16. The predicted molar refractivity (Wildman–Crippen MR) is 61.6 cm³/mol. The molecule has 0 aliphatic carbocycles. The first-order chi connectivity index (χ1) is 7.33. The van der Waals surface area contributed by atoms with Gasteiger partial charge in [-0.25, -0.2) is 0 Å². The van der Waals surface area contributed by atoms with Crippen molar-refractivity contribution in [2.75, 3.05) is 13.8 Å². The SMILES string of the molecule is COCNCc1cn(C)c2ccccc12. The van der Waals surface area contributed by atoms with Gasteiger partial charge in [-0.15, -0.1) is 0 Å². The van der Waals surface area contributed by atoms with Gasteiger partial charge in [0, 0.05) is 37.8 Å². The quantitative estimate of drug-likeness (QED) is 0.608. The fourth-order valence-electron chi connectivity index (χ4n) is 1.85. The second kappa shape index (κ2) is 4.47. The average Bonchev–Trinajstić information content (AvgIpc) is 2.58. The number of para-hydroxylation sites is 1. The molecule has 0 fully saturated rings. The van der Waals surface area contributed by atoms with Gasteiger partial charge in [0.2, 0.25) is 0 Å². The number of aryl methyl sites for hydroxylation is 1. The topological polar surface area (TPSA) is 26.2 Å². The second-order valence-electron chi connectivity index (χ2n) is 3.64. The largest absolute Gasteiger partial charge is 0.370 e. The number of hydrogen-bond acceptors (Lipinski definition) is 2. The number of methoxy groups -OCH3 is 1. The molecule has 0 saturated carbocycles. The van der Waals surface area contributed by atoms with Gasteiger partial charge in [0.1, 0.15) is 0 Å². The molecule has 0 atom stereocenters. The summed E-state index contributed by atoms with van der Waals surface area (Å²) >= 11 is 0. The minimum atomic E-state index is 0.587. The first-order valence-corrected chi connectivity index (χ1v) is 5.05. The Morgan fingerprint density at radius 2 is 2.13 bits per heavy atom. The maximum atomic E-state index is 4.96. The number of benzene rings is 1. The van der Waals surface area contributed by atoms with Gasteiger partial charge in [0.25, 0.3) is 0 Å². The van der Waals surface area contributed by atoms with E-state index in [-0.39, 0.29) is 0 Å². The van der Waals surface area contributed by atoms with E-state index in [1.54, 1.807) is 7.11 Å². The smallest absolute Gasteiger partial charge is 0.0964 e. The molecule has 0 unspecified atom stereocenters. The summed E-state index contributed by atoms with van der Waals surface area (Å²) < 4.78 is 7.12. The van der Waals surface area contributed by atoms with Crippen molar-refractivity contribution in [3.8, 4) is 0 Å². The number of nitrogens with one attached hydrogen (secondary N) is 1. The number of aromatic nitrogens is 1. The zero-order valence-corrected chi connectivity index (χ0v) is 9.16. The monoisotopic (exact) mass is 204 g/mol. The van der Waals surface area contributed by atoms with Crippen molar-refractivity contribution in [2.45, 2.75) is 6.54 Å².